The summed E-state index contributed by atoms with van der Waals surface area (Å²) in [6, 6.07) is 22.9. The number of carbonyl (C=O) groups is 3. The molecule has 10 heteroatoms. The van der Waals surface area contributed by atoms with Gasteiger partial charge in [-0.05, 0) is 67.9 Å². The third-order valence-electron chi connectivity index (χ3n) is 7.79. The predicted molar refractivity (Wildman–Crippen MR) is 166 cm³/mol. The molecule has 0 spiro atoms. The van der Waals surface area contributed by atoms with E-state index in [2.05, 4.69) is 10.2 Å². The number of ether oxygens (including phenoxy) is 3. The SMILES string of the molecule is CCOC(=O)C1=C(CN2CCN(C(=O)c3ccc(OC)cc3)CC2)N(CC)C(=O)NC1c1cccc(Oc2ccccc2)c1. The van der Waals surface area contributed by atoms with E-state index in [0.717, 1.165) is 0 Å². The van der Waals surface area contributed by atoms with E-state index in [1.165, 1.54) is 0 Å². The van der Waals surface area contributed by atoms with Gasteiger partial charge in [0.25, 0.3) is 5.91 Å². The molecule has 3 aromatic carbocycles. The summed E-state index contributed by atoms with van der Waals surface area (Å²) < 4.78 is 16.8. The van der Waals surface area contributed by atoms with E-state index in [1.54, 1.807) is 43.2 Å². The highest BCUT2D eigenvalue weighted by Crippen LogP contribution is 2.34. The third kappa shape index (κ3) is 6.86. The van der Waals surface area contributed by atoms with Crippen LogP contribution in [-0.4, -0.2) is 85.6 Å². The molecule has 0 radical (unpaired) electrons. The maximum absolute atomic E-state index is 13.6. The van der Waals surface area contributed by atoms with Crippen molar-refractivity contribution >= 4 is 17.9 Å². The molecule has 1 fully saturated rings. The zero-order chi connectivity index (χ0) is 31.1. The smallest absolute Gasteiger partial charge is 0.338 e. The third-order valence-corrected chi connectivity index (χ3v) is 7.79. The highest BCUT2D eigenvalue weighted by atomic mass is 16.5. The van der Waals surface area contributed by atoms with E-state index in [0.29, 0.717) is 78.9 Å². The highest BCUT2D eigenvalue weighted by molar-refractivity contribution is 5.95. The van der Waals surface area contributed by atoms with Crippen LogP contribution in [0.1, 0.15) is 35.8 Å². The second kappa shape index (κ2) is 14.1. The Balaban J connectivity index is 1.39. The zero-order valence-electron chi connectivity index (χ0n) is 25.3. The molecular weight excluding hydrogens is 560 g/mol. The Morgan fingerprint density at radius 1 is 0.864 bits per heavy atom. The van der Waals surface area contributed by atoms with Crippen LogP contribution in [0.2, 0.25) is 0 Å². The molecule has 2 aliphatic rings. The summed E-state index contributed by atoms with van der Waals surface area (Å²) in [7, 11) is 1.59. The first-order valence-electron chi connectivity index (χ1n) is 14.9. The minimum absolute atomic E-state index is 0.0383. The summed E-state index contributed by atoms with van der Waals surface area (Å²) in [5.41, 5.74) is 2.30. The summed E-state index contributed by atoms with van der Waals surface area (Å²) in [6.07, 6.45) is 0. The first-order valence-corrected chi connectivity index (χ1v) is 14.9. The number of amides is 3. The summed E-state index contributed by atoms with van der Waals surface area (Å²) in [5, 5.41) is 3.02. The monoisotopic (exact) mass is 598 g/mol. The molecule has 0 bridgehead atoms. The normalized spacial score (nSPS) is 17.2. The first-order chi connectivity index (χ1) is 21.4. The van der Waals surface area contributed by atoms with Crippen LogP contribution in [0.25, 0.3) is 0 Å². The van der Waals surface area contributed by atoms with Crippen LogP contribution in [0, 0.1) is 0 Å². The zero-order valence-corrected chi connectivity index (χ0v) is 25.3. The number of hydrogen-bond donors (Lipinski definition) is 1. The van der Waals surface area contributed by atoms with Crippen molar-refractivity contribution in [1.29, 1.82) is 0 Å². The molecule has 0 saturated carbocycles. The van der Waals surface area contributed by atoms with E-state index in [1.807, 2.05) is 66.4 Å². The number of carbonyl (C=O) groups excluding carboxylic acids is 3. The van der Waals surface area contributed by atoms with Gasteiger partial charge in [-0.3, -0.25) is 14.6 Å². The number of para-hydroxylation sites is 1. The van der Waals surface area contributed by atoms with Crippen LogP contribution in [0.15, 0.2) is 90.1 Å². The Morgan fingerprint density at radius 3 is 2.23 bits per heavy atom. The van der Waals surface area contributed by atoms with Crippen LogP contribution in [0.4, 0.5) is 4.79 Å². The maximum atomic E-state index is 13.6. The fourth-order valence-corrected chi connectivity index (χ4v) is 5.53. The Labute approximate surface area is 257 Å². The second-order valence-electron chi connectivity index (χ2n) is 10.5. The highest BCUT2D eigenvalue weighted by Gasteiger charge is 2.39. The molecule has 1 atom stereocenters. The van der Waals surface area contributed by atoms with Gasteiger partial charge in [-0.2, -0.15) is 0 Å². The van der Waals surface area contributed by atoms with Crippen LogP contribution in [0.5, 0.6) is 17.2 Å². The average Bonchev–Trinajstić information content (AvgIpc) is 3.05. The fraction of sp³-hybridized carbons (Fsp3) is 0.324. The van der Waals surface area contributed by atoms with Crippen LogP contribution < -0.4 is 14.8 Å². The molecule has 3 amide bonds. The molecule has 0 aliphatic carbocycles. The number of benzene rings is 3. The number of nitrogens with zero attached hydrogens (tertiary/aromatic N) is 3. The van der Waals surface area contributed by atoms with Crippen LogP contribution >= 0.6 is 0 Å². The molecule has 1 unspecified atom stereocenters. The lowest BCUT2D eigenvalue weighted by atomic mass is 9.94. The Bertz CT molecular complexity index is 1500. The van der Waals surface area contributed by atoms with Crippen molar-refractivity contribution in [3.8, 4) is 17.2 Å². The Hall–Kier alpha value is -4.83. The van der Waals surface area contributed by atoms with Gasteiger partial charge in [-0.1, -0.05) is 30.3 Å². The number of rotatable bonds is 10. The lowest BCUT2D eigenvalue weighted by Gasteiger charge is -2.40. The minimum atomic E-state index is -0.725. The standard InChI is InChI=1S/C34H38N4O6/c1-4-38-29(23-36-18-20-37(21-19-36)32(39)24-14-16-26(42-3)17-15-24)30(33(40)43-5-2)31(35-34(38)41)25-10-9-13-28(22-25)44-27-11-7-6-8-12-27/h6-17,22,31H,4-5,18-21,23H2,1-3H3,(H,35,41). The van der Waals surface area contributed by atoms with Gasteiger partial charge in [0.2, 0.25) is 0 Å². The largest absolute Gasteiger partial charge is 0.497 e. The van der Waals surface area contributed by atoms with Crippen LogP contribution in [0.3, 0.4) is 0 Å². The molecule has 230 valence electrons. The lowest BCUT2D eigenvalue weighted by molar-refractivity contribution is -0.139. The molecule has 2 heterocycles. The molecule has 1 saturated heterocycles. The Kier molecular flexibility index (Phi) is 9.81. The van der Waals surface area contributed by atoms with Gasteiger partial charge in [0.15, 0.2) is 0 Å². The van der Waals surface area contributed by atoms with E-state index >= 15 is 0 Å². The molecular formula is C34H38N4O6. The summed E-state index contributed by atoms with van der Waals surface area (Å²) in [4.78, 5) is 45.7. The number of urea groups is 1. The van der Waals surface area contributed by atoms with Gasteiger partial charge < -0.3 is 24.4 Å². The summed E-state index contributed by atoms with van der Waals surface area (Å²) in [6.45, 7) is 6.80. The number of piperazine rings is 1. The molecule has 2 aliphatic heterocycles. The molecule has 3 aromatic rings. The van der Waals surface area contributed by atoms with Gasteiger partial charge in [0.1, 0.15) is 17.2 Å². The van der Waals surface area contributed by atoms with Gasteiger partial charge >= 0.3 is 12.0 Å². The topological polar surface area (TPSA) is 101 Å². The number of esters is 1. The average molecular weight is 599 g/mol. The first kappa shape index (κ1) is 30.6. The Morgan fingerprint density at radius 2 is 1.57 bits per heavy atom. The molecule has 0 aromatic heterocycles. The number of likely N-dealkylation sites (N-methyl/N-ethyl adjacent to an activating group) is 1. The van der Waals surface area contributed by atoms with Gasteiger partial charge in [0.05, 0.1) is 25.3 Å². The quantitative estimate of drug-likeness (QED) is 0.333. The molecule has 1 N–H and O–H groups in total. The second-order valence-corrected chi connectivity index (χ2v) is 10.5. The van der Waals surface area contributed by atoms with E-state index in [9.17, 15) is 14.4 Å². The van der Waals surface area contributed by atoms with E-state index in [4.69, 9.17) is 14.2 Å². The predicted octanol–water partition coefficient (Wildman–Crippen LogP) is 4.85. The number of hydrogen-bond acceptors (Lipinski definition) is 7. The van der Waals surface area contributed by atoms with Gasteiger partial charge in [-0.25, -0.2) is 9.59 Å². The van der Waals surface area contributed by atoms with Crippen molar-refractivity contribution in [3.05, 3.63) is 101 Å². The van der Waals surface area contributed by atoms with E-state index < -0.39 is 12.0 Å². The lowest BCUT2D eigenvalue weighted by Crippen LogP contribution is -2.53. The molecule has 5 rings (SSSR count). The van der Waals surface area contributed by atoms with Crippen molar-refractivity contribution < 1.29 is 28.6 Å². The summed E-state index contributed by atoms with van der Waals surface area (Å²) >= 11 is 0. The van der Waals surface area contributed by atoms with E-state index in [-0.39, 0.29) is 18.5 Å². The van der Waals surface area contributed by atoms with Crippen molar-refractivity contribution in [2.24, 2.45) is 0 Å². The van der Waals surface area contributed by atoms with Crippen molar-refractivity contribution in [2.75, 3.05) is 53.0 Å². The number of methoxy groups -OCH3 is 1. The fourth-order valence-electron chi connectivity index (χ4n) is 5.53. The molecule has 10 nitrogen and oxygen atoms in total. The summed E-state index contributed by atoms with van der Waals surface area (Å²) in [5.74, 6) is 1.45. The number of nitrogens with one attached hydrogen (secondary N) is 1. The van der Waals surface area contributed by atoms with Gasteiger partial charge in [0, 0.05) is 50.5 Å². The van der Waals surface area contributed by atoms with Crippen molar-refractivity contribution in [2.45, 2.75) is 19.9 Å². The van der Waals surface area contributed by atoms with Crippen LogP contribution in [-0.2, 0) is 9.53 Å². The van der Waals surface area contributed by atoms with Crippen molar-refractivity contribution in [3.63, 3.8) is 0 Å². The maximum Gasteiger partial charge on any atom is 0.338 e. The van der Waals surface area contributed by atoms with Crippen molar-refractivity contribution in [1.82, 2.24) is 20.0 Å². The van der Waals surface area contributed by atoms with Gasteiger partial charge in [-0.15, -0.1) is 0 Å². The minimum Gasteiger partial charge on any atom is -0.497 e. The molecule has 44 heavy (non-hydrogen) atoms.